The van der Waals surface area contributed by atoms with Crippen molar-refractivity contribution in [3.63, 3.8) is 0 Å². The van der Waals surface area contributed by atoms with Gasteiger partial charge in [-0.25, -0.2) is 0 Å². The number of nitrogens with zero attached hydrogens (tertiary/aromatic N) is 1. The number of hydrogen-bond acceptors (Lipinski definition) is 5. The summed E-state index contributed by atoms with van der Waals surface area (Å²) in [5.74, 6) is 3.40. The third-order valence-corrected chi connectivity index (χ3v) is 20.9. The Morgan fingerprint density at radius 2 is 0.731 bits per heavy atom. The largest absolute Gasteiger partial charge is 0.490 e. The number of allylic oxidation sites excluding steroid dienone is 1. The zero-order valence-corrected chi connectivity index (χ0v) is 58.6. The normalized spacial score (nSPS) is 14.0. The summed E-state index contributed by atoms with van der Waals surface area (Å²) in [7, 11) is 0. The number of anilines is 3. The molecule has 0 saturated heterocycles. The summed E-state index contributed by atoms with van der Waals surface area (Å²) in [6, 6.07) is 48.4. The Bertz CT molecular complexity index is 3510. The van der Waals surface area contributed by atoms with E-state index in [1.165, 1.54) is 254 Å². The summed E-state index contributed by atoms with van der Waals surface area (Å²) in [4.78, 5) is 2.56. The van der Waals surface area contributed by atoms with Crippen molar-refractivity contribution in [1.29, 1.82) is 0 Å². The zero-order chi connectivity index (χ0) is 64.4. The van der Waals surface area contributed by atoms with Gasteiger partial charge in [-0.1, -0.05) is 247 Å². The molecule has 1 saturated carbocycles. The van der Waals surface area contributed by atoms with Crippen LogP contribution in [0.25, 0.3) is 39.0 Å². The average Bonchev–Trinajstić information content (AvgIpc) is 1.51. The maximum Gasteiger partial charge on any atom is 0.161 e. The van der Waals surface area contributed by atoms with Crippen LogP contribution in [0.5, 0.6) is 23.0 Å². The van der Waals surface area contributed by atoms with Crippen LogP contribution >= 0.6 is 0 Å². The maximum atomic E-state index is 7.15. The highest BCUT2D eigenvalue weighted by Crippen LogP contribution is 2.66. The molecule has 494 valence electrons. The number of aryl methyl sites for hydroxylation is 3. The fourth-order valence-electron chi connectivity index (χ4n) is 15.7. The van der Waals surface area contributed by atoms with Gasteiger partial charge in [-0.15, -0.1) is 0 Å². The van der Waals surface area contributed by atoms with Crippen LogP contribution < -0.4 is 23.8 Å². The average molecular weight is 1250 g/mol. The highest BCUT2D eigenvalue weighted by molar-refractivity contribution is 6.04. The lowest BCUT2D eigenvalue weighted by Crippen LogP contribution is -2.26. The standard InChI is InChI=1S/C88H113NO4/c1-8-13-18-22-26-33-52-90-83-60-73-74-61-84(91-53-34-27-23-19-14-9-2)86(93-55-36-29-25-21-16-11-4)63-80(74)88(79(73)62-85(83)92-54-35-28-24-20-15-10-3)77-57-65(7)40-48-71(77)72-49-44-69(59-78(72)88)68-45-51-82-76(58-68)87(67-38-31-30-32-39-67)75-56-64(6)41-50-81(75)89(82)70-46-42-66(43-47-70)37-17-12-5/h40-51,56-63H,8-39,52-55H2,1-7H3. The van der Waals surface area contributed by atoms with Gasteiger partial charge in [0.05, 0.1) is 43.2 Å². The predicted octanol–water partition coefficient (Wildman–Crippen LogP) is 26.2. The molecule has 3 aliphatic carbocycles. The van der Waals surface area contributed by atoms with Crippen LogP contribution in [0.3, 0.4) is 0 Å². The second kappa shape index (κ2) is 33.6. The number of benzene rings is 7. The van der Waals surface area contributed by atoms with Gasteiger partial charge < -0.3 is 23.8 Å². The van der Waals surface area contributed by atoms with Crippen molar-refractivity contribution >= 4 is 22.6 Å². The van der Waals surface area contributed by atoms with Crippen LogP contribution in [0.1, 0.15) is 284 Å². The molecular formula is C88H113NO4. The van der Waals surface area contributed by atoms with Crippen molar-refractivity contribution in [3.8, 4) is 56.4 Å². The van der Waals surface area contributed by atoms with Gasteiger partial charge in [0.1, 0.15) is 0 Å². The Hall–Kier alpha value is -6.72. The molecule has 0 amide bonds. The summed E-state index contributed by atoms with van der Waals surface area (Å²) in [6.45, 7) is 18.7. The number of rotatable bonds is 37. The zero-order valence-electron chi connectivity index (χ0n) is 58.6. The maximum absolute atomic E-state index is 7.15. The van der Waals surface area contributed by atoms with Gasteiger partial charge in [-0.3, -0.25) is 0 Å². The fourth-order valence-corrected chi connectivity index (χ4v) is 15.7. The van der Waals surface area contributed by atoms with E-state index in [-0.39, 0.29) is 0 Å². The Balaban J connectivity index is 1.09. The van der Waals surface area contributed by atoms with Crippen LogP contribution in [0.2, 0.25) is 0 Å². The fraction of sp³-hybridized carbons (Fsp3) is 0.500. The summed E-state index contributed by atoms with van der Waals surface area (Å²) in [5.41, 5.74) is 25.3. The molecule has 1 fully saturated rings. The van der Waals surface area contributed by atoms with Gasteiger partial charge in [0.2, 0.25) is 0 Å². The van der Waals surface area contributed by atoms with E-state index in [1.54, 1.807) is 5.57 Å². The van der Waals surface area contributed by atoms with Crippen LogP contribution in [0.4, 0.5) is 17.1 Å². The minimum absolute atomic E-state index is 0.656. The highest BCUT2D eigenvalue weighted by atomic mass is 16.5. The van der Waals surface area contributed by atoms with Crippen molar-refractivity contribution in [1.82, 2.24) is 0 Å². The lowest BCUT2D eigenvalue weighted by Gasteiger charge is -2.37. The molecule has 0 aromatic heterocycles. The third-order valence-electron chi connectivity index (χ3n) is 20.9. The molecule has 4 aliphatic rings. The minimum atomic E-state index is -0.705. The smallest absolute Gasteiger partial charge is 0.161 e. The number of unbranched alkanes of at least 4 members (excludes halogenated alkanes) is 21. The SMILES string of the molecule is CCCCCCCCOc1cc2c(cc1OCCCCCCCC)C1(c3cc(C)ccc3-c3ccc(-c4ccc5c(c4)C(=C4CCCCC4)c4cc(C)ccc4N5c4ccc(CCCC)cc4)cc31)c1cc(OCCCCCCCC)c(OCCCCCCCC)cc1-2. The van der Waals surface area contributed by atoms with Gasteiger partial charge in [0, 0.05) is 16.8 Å². The number of hydrogen-bond donors (Lipinski definition) is 0. The van der Waals surface area contributed by atoms with E-state index in [0.29, 0.717) is 26.4 Å². The van der Waals surface area contributed by atoms with E-state index in [0.717, 1.165) is 80.8 Å². The molecule has 5 heteroatoms. The topological polar surface area (TPSA) is 40.2 Å². The molecule has 0 unspecified atom stereocenters. The van der Waals surface area contributed by atoms with E-state index in [9.17, 15) is 0 Å². The molecule has 0 radical (unpaired) electrons. The highest BCUT2D eigenvalue weighted by Gasteiger charge is 2.53. The van der Waals surface area contributed by atoms with Crippen molar-refractivity contribution < 1.29 is 18.9 Å². The molecule has 1 heterocycles. The molecule has 5 nitrogen and oxygen atoms in total. The number of ether oxygens (including phenoxy) is 4. The molecular weight excluding hydrogens is 1130 g/mol. The summed E-state index contributed by atoms with van der Waals surface area (Å²) in [6.07, 6.45) is 38.6. The monoisotopic (exact) mass is 1250 g/mol. The first kappa shape index (κ1) is 67.7. The summed E-state index contributed by atoms with van der Waals surface area (Å²) >= 11 is 0. The minimum Gasteiger partial charge on any atom is -0.490 e. The third kappa shape index (κ3) is 15.5. The Morgan fingerprint density at radius 3 is 1.25 bits per heavy atom. The van der Waals surface area contributed by atoms with Crippen molar-refractivity contribution in [2.45, 2.75) is 259 Å². The van der Waals surface area contributed by atoms with Crippen molar-refractivity contribution in [2.24, 2.45) is 0 Å². The predicted molar refractivity (Wildman–Crippen MR) is 396 cm³/mol. The first-order valence-corrected chi connectivity index (χ1v) is 37.8. The van der Waals surface area contributed by atoms with Gasteiger partial charge in [-0.05, 0) is 212 Å². The molecule has 1 spiro atoms. The van der Waals surface area contributed by atoms with Crippen molar-refractivity contribution in [2.75, 3.05) is 31.3 Å². The summed E-state index contributed by atoms with van der Waals surface area (Å²) in [5, 5.41) is 0. The lowest BCUT2D eigenvalue weighted by atomic mass is 9.70. The molecule has 11 rings (SSSR count). The second-order valence-corrected chi connectivity index (χ2v) is 28.1. The first-order chi connectivity index (χ1) is 45.8. The van der Waals surface area contributed by atoms with Gasteiger partial charge in [0.25, 0.3) is 0 Å². The van der Waals surface area contributed by atoms with Crippen LogP contribution in [-0.2, 0) is 11.8 Å². The molecule has 7 aromatic carbocycles. The van der Waals surface area contributed by atoms with Gasteiger partial charge >= 0.3 is 0 Å². The Kier molecular flexibility index (Phi) is 24.5. The molecule has 1 aliphatic heterocycles. The van der Waals surface area contributed by atoms with Crippen molar-refractivity contribution in [3.05, 3.63) is 177 Å². The van der Waals surface area contributed by atoms with E-state index in [2.05, 4.69) is 175 Å². The van der Waals surface area contributed by atoms with Crippen LogP contribution in [-0.4, -0.2) is 26.4 Å². The molecule has 0 atom stereocenters. The van der Waals surface area contributed by atoms with Gasteiger partial charge in [-0.2, -0.15) is 0 Å². The lowest BCUT2D eigenvalue weighted by molar-refractivity contribution is 0.258. The number of fused-ring (bicyclic) bond motifs is 12. The van der Waals surface area contributed by atoms with Crippen LogP contribution in [0, 0.1) is 13.8 Å². The summed E-state index contributed by atoms with van der Waals surface area (Å²) < 4.78 is 28.4. The second-order valence-electron chi connectivity index (χ2n) is 28.1. The van der Waals surface area contributed by atoms with E-state index in [1.807, 2.05) is 0 Å². The molecule has 7 aromatic rings. The van der Waals surface area contributed by atoms with E-state index in [4.69, 9.17) is 18.9 Å². The van der Waals surface area contributed by atoms with E-state index >= 15 is 0 Å². The molecule has 0 N–H and O–H groups in total. The molecule has 0 bridgehead atoms. The first-order valence-electron chi connectivity index (χ1n) is 37.8. The van der Waals surface area contributed by atoms with E-state index < -0.39 is 5.41 Å². The quantitative estimate of drug-likeness (QED) is 0.0363. The molecule has 93 heavy (non-hydrogen) atoms. The Morgan fingerprint density at radius 1 is 0.333 bits per heavy atom. The van der Waals surface area contributed by atoms with Gasteiger partial charge in [0.15, 0.2) is 23.0 Å². The van der Waals surface area contributed by atoms with Crippen LogP contribution in [0.15, 0.2) is 127 Å². The Labute approximate surface area is 562 Å².